The molecule has 0 aromatic carbocycles. The van der Waals surface area contributed by atoms with Crippen LogP contribution in [0.5, 0.6) is 0 Å². The zero-order chi connectivity index (χ0) is 12.7. The Morgan fingerprint density at radius 1 is 1.24 bits per heavy atom. The molecular weight excluding hydrogens is 208 g/mol. The van der Waals surface area contributed by atoms with Gasteiger partial charge < -0.3 is 10.2 Å². The van der Waals surface area contributed by atoms with Crippen LogP contribution in [-0.4, -0.2) is 37.1 Å². The lowest BCUT2D eigenvalue weighted by Gasteiger charge is -2.36. The Morgan fingerprint density at radius 3 is 2.65 bits per heavy atom. The van der Waals surface area contributed by atoms with Gasteiger partial charge in [0.2, 0.25) is 0 Å². The lowest BCUT2D eigenvalue weighted by molar-refractivity contribution is 0.127. The number of unbranched alkanes of at least 4 members (excludes halogenated alkanes) is 1. The van der Waals surface area contributed by atoms with Gasteiger partial charge in [-0.3, -0.25) is 0 Å². The fourth-order valence-corrected chi connectivity index (χ4v) is 2.74. The van der Waals surface area contributed by atoms with E-state index in [0.29, 0.717) is 0 Å². The SMILES string of the molecule is CC(C)CNCCCCN1CCC(C)CC1C. The Hall–Kier alpha value is -0.0800. The fourth-order valence-electron chi connectivity index (χ4n) is 2.74. The maximum Gasteiger partial charge on any atom is 0.00694 e. The van der Waals surface area contributed by atoms with Gasteiger partial charge >= 0.3 is 0 Å². The molecule has 0 aliphatic carbocycles. The van der Waals surface area contributed by atoms with Crippen LogP contribution in [0.4, 0.5) is 0 Å². The average molecular weight is 240 g/mol. The summed E-state index contributed by atoms with van der Waals surface area (Å²) in [5.74, 6) is 1.72. The van der Waals surface area contributed by atoms with Crippen LogP contribution in [-0.2, 0) is 0 Å². The molecule has 1 rings (SSSR count). The van der Waals surface area contributed by atoms with E-state index in [1.54, 1.807) is 0 Å². The number of piperidine rings is 1. The van der Waals surface area contributed by atoms with E-state index in [4.69, 9.17) is 0 Å². The molecule has 2 atom stereocenters. The highest BCUT2D eigenvalue weighted by Gasteiger charge is 2.21. The second kappa shape index (κ2) is 8.10. The van der Waals surface area contributed by atoms with Crippen LogP contribution in [0.3, 0.4) is 0 Å². The minimum Gasteiger partial charge on any atom is -0.316 e. The van der Waals surface area contributed by atoms with Gasteiger partial charge in [-0.25, -0.2) is 0 Å². The van der Waals surface area contributed by atoms with E-state index in [0.717, 1.165) is 24.4 Å². The van der Waals surface area contributed by atoms with Crippen LogP contribution in [0.15, 0.2) is 0 Å². The second-order valence-electron chi connectivity index (χ2n) is 6.32. The molecule has 17 heavy (non-hydrogen) atoms. The number of nitrogens with one attached hydrogen (secondary N) is 1. The molecule has 2 unspecified atom stereocenters. The molecule has 1 heterocycles. The van der Waals surface area contributed by atoms with Crippen molar-refractivity contribution in [2.75, 3.05) is 26.2 Å². The van der Waals surface area contributed by atoms with Crippen molar-refractivity contribution < 1.29 is 0 Å². The van der Waals surface area contributed by atoms with Crippen LogP contribution in [0.1, 0.15) is 53.4 Å². The molecule has 1 N–H and O–H groups in total. The third kappa shape index (κ3) is 6.42. The van der Waals surface area contributed by atoms with Gasteiger partial charge in [-0.1, -0.05) is 20.8 Å². The van der Waals surface area contributed by atoms with Crippen LogP contribution < -0.4 is 5.32 Å². The molecule has 0 aromatic rings. The summed E-state index contributed by atoms with van der Waals surface area (Å²) in [7, 11) is 0. The van der Waals surface area contributed by atoms with E-state index in [-0.39, 0.29) is 0 Å². The molecular formula is C15H32N2. The monoisotopic (exact) mass is 240 g/mol. The third-order valence-electron chi connectivity index (χ3n) is 3.88. The first-order valence-corrected chi connectivity index (χ1v) is 7.54. The van der Waals surface area contributed by atoms with E-state index < -0.39 is 0 Å². The summed E-state index contributed by atoms with van der Waals surface area (Å²) in [6.45, 7) is 14.3. The lowest BCUT2D eigenvalue weighted by Crippen LogP contribution is -2.40. The molecule has 2 nitrogen and oxygen atoms in total. The van der Waals surface area contributed by atoms with Gasteiger partial charge in [-0.15, -0.1) is 0 Å². The summed E-state index contributed by atoms with van der Waals surface area (Å²) in [6.07, 6.45) is 5.47. The quantitative estimate of drug-likeness (QED) is 0.688. The van der Waals surface area contributed by atoms with Crippen molar-refractivity contribution in [2.24, 2.45) is 11.8 Å². The molecule has 0 saturated carbocycles. The normalized spacial score (nSPS) is 26.6. The summed E-state index contributed by atoms with van der Waals surface area (Å²) in [5.41, 5.74) is 0. The van der Waals surface area contributed by atoms with Gasteiger partial charge in [0, 0.05) is 6.04 Å². The van der Waals surface area contributed by atoms with Crippen LogP contribution in [0.25, 0.3) is 0 Å². The maximum atomic E-state index is 3.52. The van der Waals surface area contributed by atoms with Crippen molar-refractivity contribution in [3.05, 3.63) is 0 Å². The average Bonchev–Trinajstić information content (AvgIpc) is 2.25. The summed E-state index contributed by atoms with van der Waals surface area (Å²) < 4.78 is 0. The van der Waals surface area contributed by atoms with Crippen molar-refractivity contribution in [3.63, 3.8) is 0 Å². The highest BCUT2D eigenvalue weighted by molar-refractivity contribution is 4.76. The van der Waals surface area contributed by atoms with Gasteiger partial charge in [0.15, 0.2) is 0 Å². The van der Waals surface area contributed by atoms with E-state index in [1.165, 1.54) is 45.3 Å². The number of hydrogen-bond acceptors (Lipinski definition) is 2. The summed E-state index contributed by atoms with van der Waals surface area (Å²) in [4.78, 5) is 2.68. The van der Waals surface area contributed by atoms with Crippen LogP contribution in [0.2, 0.25) is 0 Å². The molecule has 1 saturated heterocycles. The Kier molecular flexibility index (Phi) is 7.14. The van der Waals surface area contributed by atoms with E-state index >= 15 is 0 Å². The minimum atomic E-state index is 0.776. The van der Waals surface area contributed by atoms with Gasteiger partial charge in [-0.2, -0.15) is 0 Å². The molecule has 0 amide bonds. The van der Waals surface area contributed by atoms with Crippen molar-refractivity contribution in [1.82, 2.24) is 10.2 Å². The van der Waals surface area contributed by atoms with Gasteiger partial charge in [0.05, 0.1) is 0 Å². The van der Waals surface area contributed by atoms with Gasteiger partial charge in [-0.05, 0) is 70.6 Å². The number of hydrogen-bond donors (Lipinski definition) is 1. The molecule has 0 bridgehead atoms. The summed E-state index contributed by atoms with van der Waals surface area (Å²) >= 11 is 0. The van der Waals surface area contributed by atoms with E-state index in [1.807, 2.05) is 0 Å². The topological polar surface area (TPSA) is 15.3 Å². The Morgan fingerprint density at radius 2 is 2.00 bits per heavy atom. The second-order valence-corrected chi connectivity index (χ2v) is 6.32. The smallest absolute Gasteiger partial charge is 0.00694 e. The fraction of sp³-hybridized carbons (Fsp3) is 1.00. The van der Waals surface area contributed by atoms with E-state index in [2.05, 4.69) is 37.9 Å². The summed E-state index contributed by atoms with van der Waals surface area (Å²) in [5, 5.41) is 3.52. The zero-order valence-corrected chi connectivity index (χ0v) is 12.3. The molecule has 0 radical (unpaired) electrons. The first kappa shape index (κ1) is 15.0. The Labute approximate surface area is 108 Å². The molecule has 1 aliphatic heterocycles. The molecule has 1 aliphatic rings. The lowest BCUT2D eigenvalue weighted by atomic mass is 9.93. The predicted octanol–water partition coefficient (Wildman–Crippen LogP) is 3.13. The Balaban J connectivity index is 1.99. The van der Waals surface area contributed by atoms with Crippen LogP contribution in [0, 0.1) is 11.8 Å². The van der Waals surface area contributed by atoms with Crippen molar-refractivity contribution in [1.29, 1.82) is 0 Å². The maximum absolute atomic E-state index is 3.52. The van der Waals surface area contributed by atoms with Crippen molar-refractivity contribution in [3.8, 4) is 0 Å². The molecule has 1 fully saturated rings. The highest BCUT2D eigenvalue weighted by Crippen LogP contribution is 2.22. The molecule has 0 aromatic heterocycles. The van der Waals surface area contributed by atoms with Gasteiger partial charge in [0.25, 0.3) is 0 Å². The number of likely N-dealkylation sites (tertiary alicyclic amines) is 1. The number of rotatable bonds is 7. The predicted molar refractivity (Wildman–Crippen MR) is 76.4 cm³/mol. The van der Waals surface area contributed by atoms with Gasteiger partial charge in [0.1, 0.15) is 0 Å². The molecule has 0 spiro atoms. The standard InChI is InChI=1S/C15H32N2/c1-13(2)12-16-8-5-6-9-17-10-7-14(3)11-15(17)4/h13-16H,5-12H2,1-4H3. The first-order chi connectivity index (χ1) is 8.09. The largest absolute Gasteiger partial charge is 0.316 e. The zero-order valence-electron chi connectivity index (χ0n) is 12.3. The van der Waals surface area contributed by atoms with Crippen molar-refractivity contribution in [2.45, 2.75) is 59.4 Å². The van der Waals surface area contributed by atoms with E-state index in [9.17, 15) is 0 Å². The van der Waals surface area contributed by atoms with Crippen LogP contribution >= 0.6 is 0 Å². The third-order valence-corrected chi connectivity index (χ3v) is 3.88. The Bertz CT molecular complexity index is 191. The molecule has 2 heteroatoms. The van der Waals surface area contributed by atoms with Crippen molar-refractivity contribution >= 4 is 0 Å². The first-order valence-electron chi connectivity index (χ1n) is 7.54. The highest BCUT2D eigenvalue weighted by atomic mass is 15.2. The summed E-state index contributed by atoms with van der Waals surface area (Å²) in [6, 6.07) is 0.808. The number of nitrogens with zero attached hydrogens (tertiary/aromatic N) is 1. The molecule has 102 valence electrons. The minimum absolute atomic E-state index is 0.776.